The van der Waals surface area contributed by atoms with Crippen LogP contribution in [-0.4, -0.2) is 40.3 Å². The van der Waals surface area contributed by atoms with Gasteiger partial charge in [0.1, 0.15) is 5.00 Å². The minimum absolute atomic E-state index is 0.00843. The lowest BCUT2D eigenvalue weighted by atomic mass is 9.89. The molecule has 0 atom stereocenters. The minimum atomic E-state index is -0.368. The summed E-state index contributed by atoms with van der Waals surface area (Å²) in [5.74, 6) is -0.388. The average Bonchev–Trinajstić information content (AvgIpc) is 3.35. The lowest BCUT2D eigenvalue weighted by Gasteiger charge is -2.19. The first-order valence-corrected chi connectivity index (χ1v) is 14.6. The van der Waals surface area contributed by atoms with E-state index in [2.05, 4.69) is 20.8 Å². The highest BCUT2D eigenvalue weighted by atomic mass is 32.2. The second-order valence-electron chi connectivity index (χ2n) is 8.52. The zero-order chi connectivity index (χ0) is 23.9. The van der Waals surface area contributed by atoms with Gasteiger partial charge in [-0.3, -0.25) is 9.59 Å². The molecule has 8 nitrogen and oxygen atoms in total. The van der Waals surface area contributed by atoms with Crippen LogP contribution in [0.5, 0.6) is 0 Å². The van der Waals surface area contributed by atoms with E-state index in [0.717, 1.165) is 63.4 Å². The predicted molar refractivity (Wildman–Crippen MR) is 136 cm³/mol. The molecule has 1 fully saturated rings. The molecule has 2 aromatic rings. The number of hydrogen-bond acceptors (Lipinski definition) is 9. The largest absolute Gasteiger partial charge is 0.462 e. The summed E-state index contributed by atoms with van der Waals surface area (Å²) in [4.78, 5) is 38.9. The van der Waals surface area contributed by atoms with Crippen molar-refractivity contribution in [1.29, 1.82) is 0 Å². The maximum absolute atomic E-state index is 12.7. The van der Waals surface area contributed by atoms with Gasteiger partial charge in [0, 0.05) is 10.8 Å². The number of carbonyl (C=O) groups is 3. The van der Waals surface area contributed by atoms with E-state index in [-0.39, 0.29) is 29.5 Å². The number of thiophene rings is 1. The Morgan fingerprint density at radius 1 is 1.00 bits per heavy atom. The van der Waals surface area contributed by atoms with Crippen molar-refractivity contribution in [1.82, 2.24) is 10.2 Å². The highest BCUT2D eigenvalue weighted by Gasteiger charge is 2.27. The second-order valence-corrected chi connectivity index (χ2v) is 11.8. The number of amides is 2. The minimum Gasteiger partial charge on any atom is -0.462 e. The molecule has 0 aliphatic heterocycles. The van der Waals surface area contributed by atoms with Gasteiger partial charge in [-0.25, -0.2) is 4.79 Å². The fourth-order valence-electron chi connectivity index (χ4n) is 4.43. The number of nitrogens with zero attached hydrogens (tertiary/aromatic N) is 2. The van der Waals surface area contributed by atoms with E-state index in [1.165, 1.54) is 45.7 Å². The van der Waals surface area contributed by atoms with Crippen molar-refractivity contribution in [2.45, 2.75) is 75.5 Å². The molecule has 0 radical (unpaired) electrons. The molecule has 0 bridgehead atoms. The van der Waals surface area contributed by atoms with Gasteiger partial charge in [-0.1, -0.05) is 48.8 Å². The Labute approximate surface area is 211 Å². The summed E-state index contributed by atoms with van der Waals surface area (Å²) >= 11 is 4.02. The summed E-state index contributed by atoms with van der Waals surface area (Å²) in [5, 5.41) is 15.0. The summed E-state index contributed by atoms with van der Waals surface area (Å²) < 4.78 is 5.90. The topological polar surface area (TPSA) is 110 Å². The van der Waals surface area contributed by atoms with E-state index in [4.69, 9.17) is 4.74 Å². The van der Waals surface area contributed by atoms with Crippen molar-refractivity contribution in [2.24, 2.45) is 5.92 Å². The summed E-state index contributed by atoms with van der Waals surface area (Å²) in [6, 6.07) is 0. The Morgan fingerprint density at radius 2 is 1.76 bits per heavy atom. The molecule has 2 aliphatic carbocycles. The molecule has 1 saturated carbocycles. The predicted octanol–water partition coefficient (Wildman–Crippen LogP) is 5.29. The van der Waals surface area contributed by atoms with E-state index in [1.54, 1.807) is 6.92 Å². The van der Waals surface area contributed by atoms with Crippen molar-refractivity contribution in [3.63, 3.8) is 0 Å². The van der Waals surface area contributed by atoms with Gasteiger partial charge in [0.15, 0.2) is 4.34 Å². The highest BCUT2D eigenvalue weighted by Crippen LogP contribution is 2.38. The van der Waals surface area contributed by atoms with Gasteiger partial charge in [0.25, 0.3) is 0 Å². The number of rotatable bonds is 8. The SMILES string of the molecule is CCOC(=O)c1c(NC(=O)CSc2nnc(NC(=O)C3CCCCC3)s2)sc2c1CCCCC2. The fraction of sp³-hybridized carbons (Fsp3) is 0.609. The molecule has 0 spiro atoms. The summed E-state index contributed by atoms with van der Waals surface area (Å²) in [6.07, 6.45) is 10.3. The second kappa shape index (κ2) is 12.1. The zero-order valence-electron chi connectivity index (χ0n) is 19.3. The van der Waals surface area contributed by atoms with Gasteiger partial charge >= 0.3 is 5.97 Å². The van der Waals surface area contributed by atoms with Gasteiger partial charge in [0.2, 0.25) is 16.9 Å². The molecule has 4 rings (SSSR count). The Bertz CT molecular complexity index is 1030. The first kappa shape index (κ1) is 25.1. The summed E-state index contributed by atoms with van der Waals surface area (Å²) in [6.45, 7) is 2.08. The maximum atomic E-state index is 12.7. The standard InChI is InChI=1S/C23H30N4O4S3/c1-2-31-21(30)18-15-11-7-4-8-12-16(15)33-20(18)24-17(28)13-32-23-27-26-22(34-23)25-19(29)14-9-5-3-6-10-14/h14H,2-13H2,1H3,(H,24,28)(H,25,26,29). The van der Waals surface area contributed by atoms with E-state index < -0.39 is 0 Å². The molecule has 2 N–H and O–H groups in total. The number of aryl methyl sites for hydroxylation is 1. The number of aromatic nitrogens is 2. The fourth-order valence-corrected chi connectivity index (χ4v) is 7.28. The van der Waals surface area contributed by atoms with Crippen molar-refractivity contribution < 1.29 is 19.1 Å². The molecule has 2 amide bonds. The first-order chi connectivity index (χ1) is 16.5. The maximum Gasteiger partial charge on any atom is 0.341 e. The van der Waals surface area contributed by atoms with Crippen LogP contribution < -0.4 is 10.6 Å². The van der Waals surface area contributed by atoms with Crippen LogP contribution in [0.1, 0.15) is 79.1 Å². The van der Waals surface area contributed by atoms with Crippen LogP contribution in [-0.2, 0) is 27.2 Å². The summed E-state index contributed by atoms with van der Waals surface area (Å²) in [5.41, 5.74) is 1.55. The Hall–Kier alpha value is -1.98. The van der Waals surface area contributed by atoms with Crippen molar-refractivity contribution >= 4 is 62.4 Å². The van der Waals surface area contributed by atoms with Crippen molar-refractivity contribution in [2.75, 3.05) is 23.0 Å². The Morgan fingerprint density at radius 3 is 2.56 bits per heavy atom. The van der Waals surface area contributed by atoms with Gasteiger partial charge < -0.3 is 15.4 Å². The molecule has 2 heterocycles. The number of ether oxygens (including phenoxy) is 1. The van der Waals surface area contributed by atoms with E-state index in [1.807, 2.05) is 0 Å². The molecule has 34 heavy (non-hydrogen) atoms. The summed E-state index contributed by atoms with van der Waals surface area (Å²) in [7, 11) is 0. The van der Waals surface area contributed by atoms with E-state index in [0.29, 0.717) is 26.6 Å². The molecule has 0 unspecified atom stereocenters. The Balaban J connectivity index is 1.34. The molecule has 2 aromatic heterocycles. The zero-order valence-corrected chi connectivity index (χ0v) is 21.8. The third-order valence-electron chi connectivity index (χ3n) is 6.09. The third kappa shape index (κ3) is 6.37. The number of esters is 1. The number of hydrogen-bond donors (Lipinski definition) is 2. The smallest absolute Gasteiger partial charge is 0.341 e. The van der Waals surface area contributed by atoms with Crippen LogP contribution in [0.2, 0.25) is 0 Å². The van der Waals surface area contributed by atoms with Gasteiger partial charge in [-0.2, -0.15) is 0 Å². The molecule has 0 aromatic carbocycles. The third-order valence-corrected chi connectivity index (χ3v) is 9.27. The number of anilines is 2. The molecule has 11 heteroatoms. The molecular weight excluding hydrogens is 492 g/mol. The first-order valence-electron chi connectivity index (χ1n) is 11.9. The molecular formula is C23H30N4O4S3. The van der Waals surface area contributed by atoms with Crippen LogP contribution in [0.3, 0.4) is 0 Å². The van der Waals surface area contributed by atoms with Crippen LogP contribution in [0.15, 0.2) is 4.34 Å². The molecule has 0 saturated heterocycles. The lowest BCUT2D eigenvalue weighted by molar-refractivity contribution is -0.120. The van der Waals surface area contributed by atoms with E-state index >= 15 is 0 Å². The van der Waals surface area contributed by atoms with Crippen LogP contribution in [0.4, 0.5) is 10.1 Å². The Kier molecular flexibility index (Phi) is 8.96. The van der Waals surface area contributed by atoms with Gasteiger partial charge in [-0.15, -0.1) is 21.5 Å². The van der Waals surface area contributed by atoms with Crippen LogP contribution in [0, 0.1) is 5.92 Å². The van der Waals surface area contributed by atoms with E-state index in [9.17, 15) is 14.4 Å². The quantitative estimate of drug-likeness (QED) is 0.210. The van der Waals surface area contributed by atoms with Gasteiger partial charge in [-0.05, 0) is 51.0 Å². The number of thioether (sulfide) groups is 1. The number of carbonyl (C=O) groups excluding carboxylic acids is 3. The van der Waals surface area contributed by atoms with Crippen LogP contribution in [0.25, 0.3) is 0 Å². The highest BCUT2D eigenvalue weighted by molar-refractivity contribution is 8.01. The molecule has 2 aliphatic rings. The molecule has 184 valence electrons. The monoisotopic (exact) mass is 522 g/mol. The lowest BCUT2D eigenvalue weighted by Crippen LogP contribution is -2.24. The number of fused-ring (bicyclic) bond motifs is 1. The van der Waals surface area contributed by atoms with Crippen molar-refractivity contribution in [3.05, 3.63) is 16.0 Å². The van der Waals surface area contributed by atoms with Gasteiger partial charge in [0.05, 0.1) is 17.9 Å². The average molecular weight is 523 g/mol. The van der Waals surface area contributed by atoms with Crippen LogP contribution >= 0.6 is 34.4 Å². The number of nitrogens with one attached hydrogen (secondary N) is 2. The normalized spacial score (nSPS) is 16.4. The van der Waals surface area contributed by atoms with Crippen molar-refractivity contribution in [3.8, 4) is 0 Å².